The second-order valence-electron chi connectivity index (χ2n) is 5.37. The number of ether oxygens (including phenoxy) is 1. The van der Waals surface area contributed by atoms with Crippen molar-refractivity contribution in [3.8, 4) is 5.75 Å². The SMILES string of the molecule is C=Cc1cc(C(C)(C)C)ccc1OC(C)C. The van der Waals surface area contributed by atoms with Gasteiger partial charge < -0.3 is 4.74 Å². The Morgan fingerprint density at radius 1 is 1.25 bits per heavy atom. The van der Waals surface area contributed by atoms with Crippen LogP contribution in [0.3, 0.4) is 0 Å². The zero-order valence-corrected chi connectivity index (χ0v) is 11.0. The van der Waals surface area contributed by atoms with Crippen molar-refractivity contribution in [2.75, 3.05) is 0 Å². The Balaban J connectivity index is 3.12. The van der Waals surface area contributed by atoms with E-state index < -0.39 is 0 Å². The smallest absolute Gasteiger partial charge is 0.126 e. The molecule has 0 fully saturated rings. The Morgan fingerprint density at radius 3 is 2.31 bits per heavy atom. The fraction of sp³-hybridized carbons (Fsp3) is 0.467. The second-order valence-corrected chi connectivity index (χ2v) is 5.37. The van der Waals surface area contributed by atoms with Gasteiger partial charge in [0.2, 0.25) is 0 Å². The number of rotatable bonds is 3. The first kappa shape index (κ1) is 12.8. The van der Waals surface area contributed by atoms with E-state index in [0.717, 1.165) is 11.3 Å². The van der Waals surface area contributed by atoms with Crippen molar-refractivity contribution >= 4 is 6.08 Å². The van der Waals surface area contributed by atoms with Crippen molar-refractivity contribution in [1.29, 1.82) is 0 Å². The first-order valence-corrected chi connectivity index (χ1v) is 5.78. The van der Waals surface area contributed by atoms with Crippen LogP contribution in [0.4, 0.5) is 0 Å². The van der Waals surface area contributed by atoms with Crippen molar-refractivity contribution in [3.63, 3.8) is 0 Å². The third kappa shape index (κ3) is 3.13. The van der Waals surface area contributed by atoms with Crippen LogP contribution in [0.1, 0.15) is 45.7 Å². The molecule has 0 aliphatic rings. The van der Waals surface area contributed by atoms with Gasteiger partial charge >= 0.3 is 0 Å². The number of hydrogen-bond donors (Lipinski definition) is 0. The minimum atomic E-state index is 0.161. The van der Waals surface area contributed by atoms with Crippen LogP contribution in [0.2, 0.25) is 0 Å². The van der Waals surface area contributed by atoms with E-state index in [-0.39, 0.29) is 11.5 Å². The van der Waals surface area contributed by atoms with Gasteiger partial charge in [0.25, 0.3) is 0 Å². The third-order valence-corrected chi connectivity index (χ3v) is 2.46. The zero-order valence-electron chi connectivity index (χ0n) is 11.0. The molecule has 0 aromatic heterocycles. The lowest BCUT2D eigenvalue weighted by Gasteiger charge is -2.21. The summed E-state index contributed by atoms with van der Waals surface area (Å²) in [6, 6.07) is 6.33. The predicted molar refractivity (Wildman–Crippen MR) is 71.0 cm³/mol. The van der Waals surface area contributed by atoms with Crippen molar-refractivity contribution in [1.82, 2.24) is 0 Å². The molecule has 1 aromatic carbocycles. The summed E-state index contributed by atoms with van der Waals surface area (Å²) in [6.07, 6.45) is 2.05. The summed E-state index contributed by atoms with van der Waals surface area (Å²) in [5.74, 6) is 0.915. The van der Waals surface area contributed by atoms with E-state index in [2.05, 4.69) is 39.5 Å². The molecule has 0 radical (unpaired) electrons. The summed E-state index contributed by atoms with van der Waals surface area (Å²) in [7, 11) is 0. The topological polar surface area (TPSA) is 9.23 Å². The molecule has 88 valence electrons. The van der Waals surface area contributed by atoms with Crippen LogP contribution in [0, 0.1) is 0 Å². The fourth-order valence-electron chi connectivity index (χ4n) is 1.54. The molecule has 0 aliphatic carbocycles. The zero-order chi connectivity index (χ0) is 12.3. The predicted octanol–water partition coefficient (Wildman–Crippen LogP) is 4.41. The molecule has 0 bridgehead atoms. The normalized spacial score (nSPS) is 11.6. The van der Waals surface area contributed by atoms with Crippen LogP contribution in [0.15, 0.2) is 24.8 Å². The van der Waals surface area contributed by atoms with E-state index in [4.69, 9.17) is 4.74 Å². The summed E-state index contributed by atoms with van der Waals surface area (Å²) in [5.41, 5.74) is 2.54. The highest BCUT2D eigenvalue weighted by Crippen LogP contribution is 2.29. The molecule has 0 saturated carbocycles. The molecule has 0 N–H and O–H groups in total. The molecule has 0 aliphatic heterocycles. The van der Waals surface area contributed by atoms with Crippen LogP contribution < -0.4 is 4.74 Å². The highest BCUT2D eigenvalue weighted by molar-refractivity contribution is 5.57. The second kappa shape index (κ2) is 4.73. The molecule has 16 heavy (non-hydrogen) atoms. The van der Waals surface area contributed by atoms with Crippen molar-refractivity contribution in [2.45, 2.75) is 46.1 Å². The summed E-state index contributed by atoms with van der Waals surface area (Å²) >= 11 is 0. The van der Waals surface area contributed by atoms with Gasteiger partial charge in [0.15, 0.2) is 0 Å². The van der Waals surface area contributed by atoms with Crippen molar-refractivity contribution in [2.24, 2.45) is 0 Å². The molecule has 0 saturated heterocycles. The molecule has 1 rings (SSSR count). The minimum Gasteiger partial charge on any atom is -0.490 e. The Labute approximate surface area is 99.1 Å². The Morgan fingerprint density at radius 2 is 1.88 bits per heavy atom. The van der Waals surface area contributed by atoms with Crippen molar-refractivity contribution < 1.29 is 4.74 Å². The lowest BCUT2D eigenvalue weighted by Crippen LogP contribution is -2.12. The van der Waals surface area contributed by atoms with E-state index >= 15 is 0 Å². The third-order valence-electron chi connectivity index (χ3n) is 2.46. The number of benzene rings is 1. The summed E-state index contributed by atoms with van der Waals surface area (Å²) in [4.78, 5) is 0. The molecule has 1 aromatic rings. The van der Waals surface area contributed by atoms with Gasteiger partial charge in [-0.25, -0.2) is 0 Å². The lowest BCUT2D eigenvalue weighted by atomic mass is 9.86. The quantitative estimate of drug-likeness (QED) is 0.730. The lowest BCUT2D eigenvalue weighted by molar-refractivity contribution is 0.242. The molecular formula is C15H22O. The van der Waals surface area contributed by atoms with E-state index in [1.54, 1.807) is 0 Å². The average Bonchev–Trinajstić information content (AvgIpc) is 2.15. The highest BCUT2D eigenvalue weighted by atomic mass is 16.5. The first-order chi connectivity index (χ1) is 7.34. The van der Waals surface area contributed by atoms with E-state index in [9.17, 15) is 0 Å². The molecule has 1 heteroatoms. The van der Waals surface area contributed by atoms with Crippen LogP contribution in [0.25, 0.3) is 6.08 Å². The summed E-state index contributed by atoms with van der Waals surface area (Å²) < 4.78 is 5.73. The molecule has 0 atom stereocenters. The van der Waals surface area contributed by atoms with Gasteiger partial charge in [-0.3, -0.25) is 0 Å². The average molecular weight is 218 g/mol. The van der Waals surface area contributed by atoms with Crippen LogP contribution >= 0.6 is 0 Å². The van der Waals surface area contributed by atoms with Gasteiger partial charge in [0.05, 0.1) is 6.10 Å². The van der Waals surface area contributed by atoms with Gasteiger partial charge in [-0.1, -0.05) is 39.5 Å². The minimum absolute atomic E-state index is 0.161. The Kier molecular flexibility index (Phi) is 3.79. The highest BCUT2D eigenvalue weighted by Gasteiger charge is 2.15. The van der Waals surface area contributed by atoms with Gasteiger partial charge in [0.1, 0.15) is 5.75 Å². The van der Waals surface area contributed by atoms with Gasteiger partial charge in [-0.2, -0.15) is 0 Å². The van der Waals surface area contributed by atoms with E-state index in [1.807, 2.05) is 26.0 Å². The number of hydrogen-bond acceptors (Lipinski definition) is 1. The van der Waals surface area contributed by atoms with Crippen LogP contribution in [-0.4, -0.2) is 6.10 Å². The maximum atomic E-state index is 5.73. The monoisotopic (exact) mass is 218 g/mol. The van der Waals surface area contributed by atoms with Gasteiger partial charge in [0, 0.05) is 5.56 Å². The van der Waals surface area contributed by atoms with E-state index in [1.165, 1.54) is 5.56 Å². The molecule has 0 spiro atoms. The molecular weight excluding hydrogens is 196 g/mol. The van der Waals surface area contributed by atoms with Crippen LogP contribution in [0.5, 0.6) is 5.75 Å². The molecule has 0 amide bonds. The van der Waals surface area contributed by atoms with Gasteiger partial charge in [-0.05, 0) is 37.0 Å². The van der Waals surface area contributed by atoms with Crippen molar-refractivity contribution in [3.05, 3.63) is 35.9 Å². The summed E-state index contributed by atoms with van der Waals surface area (Å²) in [5, 5.41) is 0. The fourth-order valence-corrected chi connectivity index (χ4v) is 1.54. The first-order valence-electron chi connectivity index (χ1n) is 5.78. The Hall–Kier alpha value is -1.24. The van der Waals surface area contributed by atoms with Crippen LogP contribution in [-0.2, 0) is 5.41 Å². The maximum Gasteiger partial charge on any atom is 0.126 e. The Bertz CT molecular complexity index is 370. The largest absolute Gasteiger partial charge is 0.490 e. The standard InChI is InChI=1S/C15H22O/c1-7-12-10-13(15(4,5)6)8-9-14(12)16-11(2)3/h7-11H,1H2,2-6H3. The molecule has 0 heterocycles. The molecule has 1 nitrogen and oxygen atoms in total. The van der Waals surface area contributed by atoms with E-state index in [0.29, 0.717) is 0 Å². The maximum absolute atomic E-state index is 5.73. The summed E-state index contributed by atoms with van der Waals surface area (Å²) in [6.45, 7) is 14.5. The molecule has 0 unspecified atom stereocenters. The van der Waals surface area contributed by atoms with Gasteiger partial charge in [-0.15, -0.1) is 0 Å².